The summed E-state index contributed by atoms with van der Waals surface area (Å²) in [5.41, 5.74) is 2.17. The molecule has 118 valence electrons. The van der Waals surface area contributed by atoms with Crippen LogP contribution in [0.3, 0.4) is 0 Å². The molecule has 0 radical (unpaired) electrons. The van der Waals surface area contributed by atoms with E-state index in [0.717, 1.165) is 5.56 Å². The zero-order valence-electron chi connectivity index (χ0n) is 12.9. The van der Waals surface area contributed by atoms with E-state index in [1.54, 1.807) is 30.1 Å². The van der Waals surface area contributed by atoms with Crippen molar-refractivity contribution in [3.05, 3.63) is 70.2 Å². The maximum absolute atomic E-state index is 12.9. The van der Waals surface area contributed by atoms with Crippen LogP contribution >= 0.6 is 11.6 Å². The van der Waals surface area contributed by atoms with Gasteiger partial charge < -0.3 is 10.2 Å². The van der Waals surface area contributed by atoms with Gasteiger partial charge in [-0.25, -0.2) is 0 Å². The Morgan fingerprint density at radius 1 is 1.22 bits per heavy atom. The van der Waals surface area contributed by atoms with Gasteiger partial charge >= 0.3 is 0 Å². The van der Waals surface area contributed by atoms with Crippen LogP contribution < -0.4 is 5.32 Å². The van der Waals surface area contributed by atoms with Crippen LogP contribution in [0.25, 0.3) is 0 Å². The Kier molecular flexibility index (Phi) is 4.09. The van der Waals surface area contributed by atoms with E-state index in [1.165, 1.54) is 0 Å². The van der Waals surface area contributed by atoms with E-state index in [1.807, 2.05) is 37.3 Å². The van der Waals surface area contributed by atoms with Gasteiger partial charge in [0.2, 0.25) is 5.91 Å². The van der Waals surface area contributed by atoms with E-state index in [-0.39, 0.29) is 17.9 Å². The zero-order valence-corrected chi connectivity index (χ0v) is 13.7. The molecule has 0 aromatic heterocycles. The van der Waals surface area contributed by atoms with Gasteiger partial charge in [-0.1, -0.05) is 41.9 Å². The Hall–Kier alpha value is -2.33. The smallest absolute Gasteiger partial charge is 0.255 e. The van der Waals surface area contributed by atoms with E-state index in [2.05, 4.69) is 5.32 Å². The maximum Gasteiger partial charge on any atom is 0.255 e. The molecule has 1 heterocycles. The number of rotatable bonds is 3. The lowest BCUT2D eigenvalue weighted by molar-refractivity contribution is -0.125. The highest BCUT2D eigenvalue weighted by Crippen LogP contribution is 2.40. The van der Waals surface area contributed by atoms with Gasteiger partial charge in [0.1, 0.15) is 6.04 Å². The molecule has 0 spiro atoms. The molecular weight excluding hydrogens is 312 g/mol. The highest BCUT2D eigenvalue weighted by molar-refractivity contribution is 6.31. The van der Waals surface area contributed by atoms with Crippen molar-refractivity contribution in [2.45, 2.75) is 19.0 Å². The van der Waals surface area contributed by atoms with Crippen LogP contribution in [0, 0.1) is 0 Å². The Bertz CT molecular complexity index is 761. The Morgan fingerprint density at radius 3 is 2.57 bits per heavy atom. The quantitative estimate of drug-likeness (QED) is 0.939. The van der Waals surface area contributed by atoms with Crippen LogP contribution in [0.1, 0.15) is 40.5 Å². The molecule has 2 atom stereocenters. The third-order valence-electron chi connectivity index (χ3n) is 4.25. The number of carbonyl (C=O) groups is 2. The SMILES string of the molecule is CNC(=O)[C@H]1c2cc(Cl)ccc2C(=O)N1C(C)c1ccccc1. The molecule has 1 N–H and O–H groups in total. The fourth-order valence-electron chi connectivity index (χ4n) is 3.06. The van der Waals surface area contributed by atoms with Crippen LogP contribution in [-0.2, 0) is 4.79 Å². The number of nitrogens with one attached hydrogen (secondary N) is 1. The highest BCUT2D eigenvalue weighted by Gasteiger charge is 2.43. The van der Waals surface area contributed by atoms with Crippen molar-refractivity contribution in [3.8, 4) is 0 Å². The number of hydrogen-bond donors (Lipinski definition) is 1. The van der Waals surface area contributed by atoms with Crippen molar-refractivity contribution in [3.63, 3.8) is 0 Å². The topological polar surface area (TPSA) is 49.4 Å². The van der Waals surface area contributed by atoms with Crippen molar-refractivity contribution in [1.82, 2.24) is 10.2 Å². The summed E-state index contributed by atoms with van der Waals surface area (Å²) in [4.78, 5) is 26.9. The van der Waals surface area contributed by atoms with Crippen molar-refractivity contribution in [2.24, 2.45) is 0 Å². The summed E-state index contributed by atoms with van der Waals surface area (Å²) >= 11 is 6.07. The molecule has 1 aliphatic heterocycles. The summed E-state index contributed by atoms with van der Waals surface area (Å²) in [6.07, 6.45) is 0. The van der Waals surface area contributed by atoms with Crippen LogP contribution in [0.2, 0.25) is 5.02 Å². The molecule has 1 aliphatic rings. The van der Waals surface area contributed by atoms with E-state index in [9.17, 15) is 9.59 Å². The van der Waals surface area contributed by atoms with E-state index < -0.39 is 6.04 Å². The van der Waals surface area contributed by atoms with Gasteiger partial charge in [-0.15, -0.1) is 0 Å². The first kappa shape index (κ1) is 15.6. The lowest BCUT2D eigenvalue weighted by atomic mass is 10.0. The van der Waals surface area contributed by atoms with Gasteiger partial charge in [0.05, 0.1) is 6.04 Å². The largest absolute Gasteiger partial charge is 0.357 e. The fraction of sp³-hybridized carbons (Fsp3) is 0.222. The first-order valence-corrected chi connectivity index (χ1v) is 7.81. The first-order chi connectivity index (χ1) is 11.0. The molecule has 5 heteroatoms. The minimum Gasteiger partial charge on any atom is -0.357 e. The Morgan fingerprint density at radius 2 is 1.91 bits per heavy atom. The van der Waals surface area contributed by atoms with Crippen LogP contribution in [0.5, 0.6) is 0 Å². The Balaban J connectivity index is 2.09. The number of likely N-dealkylation sites (N-methyl/N-ethyl adjacent to an activating group) is 1. The van der Waals surface area contributed by atoms with Gasteiger partial charge in [0.15, 0.2) is 0 Å². The molecule has 2 aromatic rings. The molecule has 0 fully saturated rings. The molecule has 0 saturated heterocycles. The highest BCUT2D eigenvalue weighted by atomic mass is 35.5. The zero-order chi connectivity index (χ0) is 16.6. The summed E-state index contributed by atoms with van der Waals surface area (Å²) in [6, 6.07) is 13.8. The molecule has 0 saturated carbocycles. The third kappa shape index (κ3) is 2.59. The van der Waals surface area contributed by atoms with Gasteiger partial charge in [-0.2, -0.15) is 0 Å². The number of nitrogens with zero attached hydrogens (tertiary/aromatic N) is 1. The second kappa shape index (κ2) is 6.05. The number of fused-ring (bicyclic) bond motifs is 1. The van der Waals surface area contributed by atoms with E-state index >= 15 is 0 Å². The summed E-state index contributed by atoms with van der Waals surface area (Å²) in [5.74, 6) is -0.372. The molecule has 4 nitrogen and oxygen atoms in total. The lowest BCUT2D eigenvalue weighted by Gasteiger charge is -2.30. The van der Waals surface area contributed by atoms with Gasteiger partial charge in [-0.05, 0) is 36.2 Å². The third-order valence-corrected chi connectivity index (χ3v) is 4.48. The van der Waals surface area contributed by atoms with Crippen LogP contribution in [-0.4, -0.2) is 23.8 Å². The molecule has 3 rings (SSSR count). The van der Waals surface area contributed by atoms with Crippen LogP contribution in [0.4, 0.5) is 0 Å². The molecule has 2 aromatic carbocycles. The second-order valence-electron chi connectivity index (χ2n) is 5.55. The van der Waals surface area contributed by atoms with E-state index in [4.69, 9.17) is 11.6 Å². The summed E-state index contributed by atoms with van der Waals surface area (Å²) < 4.78 is 0. The fourth-order valence-corrected chi connectivity index (χ4v) is 3.24. The van der Waals surface area contributed by atoms with Crippen molar-refractivity contribution >= 4 is 23.4 Å². The number of benzene rings is 2. The average Bonchev–Trinajstić information content (AvgIpc) is 2.86. The van der Waals surface area contributed by atoms with Crippen molar-refractivity contribution in [1.29, 1.82) is 0 Å². The molecular formula is C18H17ClN2O2. The number of hydrogen-bond acceptors (Lipinski definition) is 2. The van der Waals surface area contributed by atoms with Gasteiger partial charge in [0, 0.05) is 17.6 Å². The maximum atomic E-state index is 12.9. The van der Waals surface area contributed by atoms with Crippen molar-refractivity contribution in [2.75, 3.05) is 7.05 Å². The molecule has 0 bridgehead atoms. The molecule has 0 aliphatic carbocycles. The minimum atomic E-state index is -0.670. The summed E-state index contributed by atoms with van der Waals surface area (Å²) in [5, 5.41) is 3.16. The minimum absolute atomic E-state index is 0.151. The second-order valence-corrected chi connectivity index (χ2v) is 5.98. The predicted molar refractivity (Wildman–Crippen MR) is 89.3 cm³/mol. The predicted octanol–water partition coefficient (Wildman–Crippen LogP) is 3.34. The van der Waals surface area contributed by atoms with Gasteiger partial charge in [-0.3, -0.25) is 9.59 Å². The number of carbonyl (C=O) groups excluding carboxylic acids is 2. The van der Waals surface area contributed by atoms with Crippen molar-refractivity contribution < 1.29 is 9.59 Å². The average molecular weight is 329 g/mol. The molecule has 1 unspecified atom stereocenters. The normalized spacial score (nSPS) is 17.8. The van der Waals surface area contributed by atoms with E-state index in [0.29, 0.717) is 16.1 Å². The Labute approximate surface area is 140 Å². The number of amides is 2. The monoisotopic (exact) mass is 328 g/mol. The molecule has 23 heavy (non-hydrogen) atoms. The number of halogens is 1. The van der Waals surface area contributed by atoms with Crippen LogP contribution in [0.15, 0.2) is 48.5 Å². The standard InChI is InChI=1S/C18H17ClN2O2/c1-11(12-6-4-3-5-7-12)21-16(17(22)20-2)15-10-13(19)8-9-14(15)18(21)23/h3-11,16H,1-2H3,(H,20,22)/t11?,16-/m1/s1. The summed E-state index contributed by atoms with van der Waals surface area (Å²) in [7, 11) is 1.57. The lowest BCUT2D eigenvalue weighted by Crippen LogP contribution is -2.39. The summed E-state index contributed by atoms with van der Waals surface area (Å²) in [6.45, 7) is 1.93. The first-order valence-electron chi connectivity index (χ1n) is 7.43. The molecule has 2 amide bonds. The van der Waals surface area contributed by atoms with Gasteiger partial charge in [0.25, 0.3) is 5.91 Å².